The molecule has 7 nitrogen and oxygen atoms in total. The molecule has 1 atom stereocenters. The quantitative estimate of drug-likeness (QED) is 0.694. The largest absolute Gasteiger partial charge is 0.355 e. The van der Waals surface area contributed by atoms with Crippen LogP contribution < -0.4 is 10.6 Å². The second-order valence-electron chi connectivity index (χ2n) is 5.33. The normalized spacial score (nSPS) is 15.4. The van der Waals surface area contributed by atoms with Crippen molar-refractivity contribution in [1.29, 1.82) is 0 Å². The Hall–Kier alpha value is -1.57. The number of aromatic nitrogens is 3. The second kappa shape index (κ2) is 7.62. The van der Waals surface area contributed by atoms with E-state index in [4.69, 9.17) is 0 Å². The number of rotatable bonds is 8. The smallest absolute Gasteiger partial charge is 0.242 e. The Morgan fingerprint density at radius 1 is 1.36 bits per heavy atom. The zero-order chi connectivity index (χ0) is 16.1. The molecule has 122 valence electrons. The fourth-order valence-corrected chi connectivity index (χ4v) is 2.97. The second-order valence-corrected chi connectivity index (χ2v) is 6.27. The van der Waals surface area contributed by atoms with Crippen LogP contribution in [0.3, 0.4) is 0 Å². The van der Waals surface area contributed by atoms with Crippen LogP contribution in [-0.2, 0) is 16.1 Å². The van der Waals surface area contributed by atoms with Crippen molar-refractivity contribution in [3.8, 4) is 0 Å². The van der Waals surface area contributed by atoms with Gasteiger partial charge in [0.05, 0.1) is 5.75 Å². The molecule has 1 aliphatic rings. The van der Waals surface area contributed by atoms with E-state index in [0.29, 0.717) is 12.5 Å². The molecular weight excluding hydrogens is 302 g/mol. The van der Waals surface area contributed by atoms with Gasteiger partial charge in [0.1, 0.15) is 11.9 Å². The molecule has 1 fully saturated rings. The Morgan fingerprint density at radius 3 is 2.68 bits per heavy atom. The molecule has 22 heavy (non-hydrogen) atoms. The van der Waals surface area contributed by atoms with Crippen LogP contribution in [-0.4, -0.2) is 44.9 Å². The Kier molecular flexibility index (Phi) is 5.82. The topological polar surface area (TPSA) is 88.9 Å². The SMILES string of the molecule is CCNC(=O)[C@H](C)NC(=O)CSc1nnc(C2CC2)n1CC. The summed E-state index contributed by atoms with van der Waals surface area (Å²) in [5.74, 6) is 1.44. The first-order valence-corrected chi connectivity index (χ1v) is 8.68. The molecule has 0 saturated heterocycles. The van der Waals surface area contributed by atoms with Gasteiger partial charge in [-0.3, -0.25) is 9.59 Å². The van der Waals surface area contributed by atoms with Crippen LogP contribution in [0.5, 0.6) is 0 Å². The molecule has 0 aromatic carbocycles. The summed E-state index contributed by atoms with van der Waals surface area (Å²) in [6, 6.07) is -0.529. The molecule has 1 heterocycles. The Balaban J connectivity index is 1.84. The molecule has 0 spiro atoms. The Morgan fingerprint density at radius 2 is 2.09 bits per heavy atom. The maximum atomic E-state index is 11.9. The van der Waals surface area contributed by atoms with E-state index in [1.807, 2.05) is 6.92 Å². The first kappa shape index (κ1) is 16.8. The number of carbonyl (C=O) groups is 2. The lowest BCUT2D eigenvalue weighted by Gasteiger charge is -2.13. The molecule has 2 rings (SSSR count). The number of hydrogen-bond acceptors (Lipinski definition) is 5. The number of hydrogen-bond donors (Lipinski definition) is 2. The standard InChI is InChI=1S/C14H23N5O2S/c1-4-15-13(21)9(3)16-11(20)8-22-14-18-17-12(10-6-7-10)19(14)5-2/h9-10H,4-8H2,1-3H3,(H,15,21)(H,16,20)/t9-/m0/s1. The Labute approximate surface area is 134 Å². The van der Waals surface area contributed by atoms with Gasteiger partial charge in [-0.2, -0.15) is 0 Å². The highest BCUT2D eigenvalue weighted by Crippen LogP contribution is 2.39. The summed E-state index contributed by atoms with van der Waals surface area (Å²) >= 11 is 1.36. The van der Waals surface area contributed by atoms with Gasteiger partial charge in [0.25, 0.3) is 0 Å². The number of carbonyl (C=O) groups excluding carboxylic acids is 2. The van der Waals surface area contributed by atoms with Gasteiger partial charge in [-0.15, -0.1) is 10.2 Å². The highest BCUT2D eigenvalue weighted by atomic mass is 32.2. The summed E-state index contributed by atoms with van der Waals surface area (Å²) in [5, 5.41) is 14.5. The molecule has 1 aromatic heterocycles. The molecule has 8 heteroatoms. The number of likely N-dealkylation sites (N-methyl/N-ethyl adjacent to an activating group) is 1. The lowest BCUT2D eigenvalue weighted by molar-refractivity contribution is -0.127. The van der Waals surface area contributed by atoms with Gasteiger partial charge in [0.2, 0.25) is 11.8 Å². The van der Waals surface area contributed by atoms with Crippen LogP contribution in [0.4, 0.5) is 0 Å². The maximum absolute atomic E-state index is 11.9. The van der Waals surface area contributed by atoms with Gasteiger partial charge >= 0.3 is 0 Å². The highest BCUT2D eigenvalue weighted by Gasteiger charge is 2.30. The summed E-state index contributed by atoms with van der Waals surface area (Å²) in [6.45, 7) is 6.93. The monoisotopic (exact) mass is 325 g/mol. The van der Waals surface area contributed by atoms with Crippen molar-refractivity contribution in [1.82, 2.24) is 25.4 Å². The minimum Gasteiger partial charge on any atom is -0.355 e. The predicted molar refractivity (Wildman–Crippen MR) is 84.7 cm³/mol. The highest BCUT2D eigenvalue weighted by molar-refractivity contribution is 7.99. The van der Waals surface area contributed by atoms with E-state index in [-0.39, 0.29) is 17.6 Å². The number of nitrogens with one attached hydrogen (secondary N) is 2. The maximum Gasteiger partial charge on any atom is 0.242 e. The summed E-state index contributed by atoms with van der Waals surface area (Å²) in [7, 11) is 0. The summed E-state index contributed by atoms with van der Waals surface area (Å²) in [4.78, 5) is 23.5. The molecule has 0 aliphatic heterocycles. The third kappa shape index (κ3) is 4.22. The Bertz CT molecular complexity index is 541. The van der Waals surface area contributed by atoms with Crippen LogP contribution >= 0.6 is 11.8 Å². The molecule has 1 aliphatic carbocycles. The van der Waals surface area contributed by atoms with Crippen molar-refractivity contribution >= 4 is 23.6 Å². The average molecular weight is 325 g/mol. The summed E-state index contributed by atoms with van der Waals surface area (Å²) < 4.78 is 2.07. The fourth-order valence-electron chi connectivity index (χ4n) is 2.15. The minimum absolute atomic E-state index is 0.173. The first-order valence-electron chi connectivity index (χ1n) is 7.69. The zero-order valence-electron chi connectivity index (χ0n) is 13.3. The van der Waals surface area contributed by atoms with Gasteiger partial charge in [0, 0.05) is 19.0 Å². The van der Waals surface area contributed by atoms with E-state index in [9.17, 15) is 9.59 Å². The fraction of sp³-hybridized carbons (Fsp3) is 0.714. The molecule has 1 saturated carbocycles. The van der Waals surface area contributed by atoms with Crippen molar-refractivity contribution < 1.29 is 9.59 Å². The van der Waals surface area contributed by atoms with Crippen LogP contribution in [0.2, 0.25) is 0 Å². The molecule has 0 unspecified atom stereocenters. The number of nitrogens with zero attached hydrogens (tertiary/aromatic N) is 3. The summed E-state index contributed by atoms with van der Waals surface area (Å²) in [6.07, 6.45) is 2.35. The van der Waals surface area contributed by atoms with Gasteiger partial charge in [0.15, 0.2) is 5.16 Å². The van der Waals surface area contributed by atoms with Crippen LogP contribution in [0.25, 0.3) is 0 Å². The van der Waals surface area contributed by atoms with Crippen molar-refractivity contribution in [2.75, 3.05) is 12.3 Å². The van der Waals surface area contributed by atoms with Gasteiger partial charge in [-0.1, -0.05) is 11.8 Å². The molecule has 2 N–H and O–H groups in total. The van der Waals surface area contributed by atoms with Crippen LogP contribution in [0, 0.1) is 0 Å². The van der Waals surface area contributed by atoms with E-state index in [2.05, 4.69) is 32.3 Å². The van der Waals surface area contributed by atoms with Gasteiger partial charge < -0.3 is 15.2 Å². The van der Waals surface area contributed by atoms with E-state index in [0.717, 1.165) is 17.5 Å². The van der Waals surface area contributed by atoms with E-state index in [1.165, 1.54) is 24.6 Å². The molecule has 0 bridgehead atoms. The van der Waals surface area contributed by atoms with Gasteiger partial charge in [-0.05, 0) is 33.6 Å². The average Bonchev–Trinajstić information content (AvgIpc) is 3.25. The zero-order valence-corrected chi connectivity index (χ0v) is 14.1. The predicted octanol–water partition coefficient (Wildman–Crippen LogP) is 0.908. The van der Waals surface area contributed by atoms with Crippen molar-refractivity contribution in [2.45, 2.75) is 57.3 Å². The lowest BCUT2D eigenvalue weighted by Crippen LogP contribution is -2.45. The van der Waals surface area contributed by atoms with Crippen LogP contribution in [0.1, 0.15) is 45.4 Å². The lowest BCUT2D eigenvalue weighted by atomic mass is 10.3. The third-order valence-electron chi connectivity index (χ3n) is 3.46. The van der Waals surface area contributed by atoms with Crippen molar-refractivity contribution in [3.05, 3.63) is 5.82 Å². The van der Waals surface area contributed by atoms with Gasteiger partial charge in [-0.25, -0.2) is 0 Å². The van der Waals surface area contributed by atoms with Crippen LogP contribution in [0.15, 0.2) is 5.16 Å². The number of thioether (sulfide) groups is 1. The van der Waals surface area contributed by atoms with E-state index < -0.39 is 6.04 Å². The van der Waals surface area contributed by atoms with Crippen molar-refractivity contribution in [3.63, 3.8) is 0 Å². The minimum atomic E-state index is -0.529. The number of amides is 2. The molecule has 2 amide bonds. The van der Waals surface area contributed by atoms with E-state index in [1.54, 1.807) is 6.92 Å². The third-order valence-corrected chi connectivity index (χ3v) is 4.43. The van der Waals surface area contributed by atoms with Crippen molar-refractivity contribution in [2.24, 2.45) is 0 Å². The van der Waals surface area contributed by atoms with E-state index >= 15 is 0 Å². The molecule has 1 aromatic rings. The summed E-state index contributed by atoms with van der Waals surface area (Å²) in [5.41, 5.74) is 0. The first-order chi connectivity index (χ1) is 10.6. The molecule has 0 radical (unpaired) electrons. The molecular formula is C14H23N5O2S.